The number of nitrogens with one attached hydrogen (secondary N) is 1. The first-order valence-electron chi connectivity index (χ1n) is 7.65. The number of hydrogen-bond donors (Lipinski definition) is 1. The molecule has 1 aromatic heterocycles. The second kappa shape index (κ2) is 5.74. The zero-order valence-electron chi connectivity index (χ0n) is 12.4. The molecule has 20 heavy (non-hydrogen) atoms. The van der Waals surface area contributed by atoms with Gasteiger partial charge in [-0.1, -0.05) is 0 Å². The van der Waals surface area contributed by atoms with Crippen LogP contribution in [-0.4, -0.2) is 34.6 Å². The Kier molecular flexibility index (Phi) is 4.16. The number of halogens is 1. The maximum atomic E-state index is 4.29. The van der Waals surface area contributed by atoms with Crippen molar-refractivity contribution < 1.29 is 0 Å². The summed E-state index contributed by atoms with van der Waals surface area (Å²) in [5.41, 5.74) is 1.59. The fraction of sp³-hybridized carbons (Fsp3) is 0.688. The van der Waals surface area contributed by atoms with Crippen LogP contribution in [0.4, 0.5) is 0 Å². The third kappa shape index (κ3) is 3.23. The summed E-state index contributed by atoms with van der Waals surface area (Å²) in [5, 5.41) is 3.81. The van der Waals surface area contributed by atoms with E-state index in [9.17, 15) is 0 Å². The molecular formula is C16H24BrN3. The van der Waals surface area contributed by atoms with Crippen LogP contribution >= 0.6 is 15.9 Å². The summed E-state index contributed by atoms with van der Waals surface area (Å²) < 4.78 is 1.07. The maximum Gasteiger partial charge on any atom is 0.0410 e. The van der Waals surface area contributed by atoms with Crippen molar-refractivity contribution in [3.63, 3.8) is 0 Å². The minimum Gasteiger partial charge on any atom is -0.310 e. The maximum absolute atomic E-state index is 4.29. The molecule has 1 saturated heterocycles. The highest BCUT2D eigenvalue weighted by atomic mass is 79.9. The molecule has 0 bridgehead atoms. The normalized spacial score (nSPS) is 32.0. The fourth-order valence-electron chi connectivity index (χ4n) is 3.37. The van der Waals surface area contributed by atoms with Gasteiger partial charge in [-0.3, -0.25) is 9.88 Å². The average Bonchev–Trinajstić information content (AvgIpc) is 3.21. The number of aromatic nitrogens is 1. The van der Waals surface area contributed by atoms with E-state index < -0.39 is 0 Å². The number of nitrogens with zero attached hydrogens (tertiary/aromatic N) is 2. The minimum atomic E-state index is 0.296. The molecule has 1 saturated carbocycles. The molecule has 1 N–H and O–H groups in total. The van der Waals surface area contributed by atoms with Crippen molar-refractivity contribution >= 4 is 15.9 Å². The van der Waals surface area contributed by atoms with Gasteiger partial charge >= 0.3 is 0 Å². The Bertz CT molecular complexity index is 475. The Morgan fingerprint density at radius 1 is 1.40 bits per heavy atom. The summed E-state index contributed by atoms with van der Waals surface area (Å²) >= 11 is 3.52. The monoisotopic (exact) mass is 337 g/mol. The Labute approximate surface area is 130 Å². The SMILES string of the molecule is CC1CCNC(C)(C2CC2)CN1Cc1cncc(Br)c1. The highest BCUT2D eigenvalue weighted by Crippen LogP contribution is 2.41. The van der Waals surface area contributed by atoms with Crippen LogP contribution in [0, 0.1) is 5.92 Å². The lowest BCUT2D eigenvalue weighted by Crippen LogP contribution is -2.51. The van der Waals surface area contributed by atoms with Crippen LogP contribution in [0.15, 0.2) is 22.9 Å². The van der Waals surface area contributed by atoms with E-state index >= 15 is 0 Å². The molecule has 4 heteroatoms. The van der Waals surface area contributed by atoms with Gasteiger partial charge in [0.15, 0.2) is 0 Å². The second-order valence-electron chi connectivity index (χ2n) is 6.67. The van der Waals surface area contributed by atoms with E-state index in [0.717, 1.165) is 30.0 Å². The van der Waals surface area contributed by atoms with Crippen molar-refractivity contribution in [2.75, 3.05) is 13.1 Å². The van der Waals surface area contributed by atoms with Gasteiger partial charge in [0.1, 0.15) is 0 Å². The standard InChI is InChI=1S/C16H24BrN3/c1-12-5-6-19-16(2,14-3-4-14)11-20(12)10-13-7-15(17)9-18-8-13/h7-9,12,14,19H,3-6,10-11H2,1-2H3. The predicted molar refractivity (Wildman–Crippen MR) is 85.6 cm³/mol. The third-order valence-electron chi connectivity index (χ3n) is 4.87. The van der Waals surface area contributed by atoms with Gasteiger partial charge in [-0.15, -0.1) is 0 Å². The lowest BCUT2D eigenvalue weighted by molar-refractivity contribution is 0.154. The molecule has 0 amide bonds. The minimum absolute atomic E-state index is 0.296. The van der Waals surface area contributed by atoms with Gasteiger partial charge in [0.2, 0.25) is 0 Å². The molecule has 2 unspecified atom stereocenters. The van der Waals surface area contributed by atoms with Crippen LogP contribution in [-0.2, 0) is 6.54 Å². The summed E-state index contributed by atoms with van der Waals surface area (Å²) in [5.74, 6) is 0.871. The molecule has 0 radical (unpaired) electrons. The summed E-state index contributed by atoms with van der Waals surface area (Å²) in [4.78, 5) is 6.92. The molecule has 2 fully saturated rings. The van der Waals surface area contributed by atoms with Gasteiger partial charge in [0.25, 0.3) is 0 Å². The van der Waals surface area contributed by atoms with Crippen molar-refractivity contribution in [3.05, 3.63) is 28.5 Å². The molecule has 1 aliphatic heterocycles. The molecule has 3 rings (SSSR count). The van der Waals surface area contributed by atoms with E-state index in [-0.39, 0.29) is 0 Å². The highest BCUT2D eigenvalue weighted by molar-refractivity contribution is 9.10. The van der Waals surface area contributed by atoms with E-state index in [4.69, 9.17) is 0 Å². The van der Waals surface area contributed by atoms with E-state index in [1.807, 2.05) is 12.4 Å². The highest BCUT2D eigenvalue weighted by Gasteiger charge is 2.43. The quantitative estimate of drug-likeness (QED) is 0.917. The van der Waals surface area contributed by atoms with E-state index in [1.165, 1.54) is 24.8 Å². The summed E-state index contributed by atoms with van der Waals surface area (Å²) in [6, 6.07) is 2.81. The first kappa shape index (κ1) is 14.5. The van der Waals surface area contributed by atoms with Crippen LogP contribution in [0.1, 0.15) is 38.7 Å². The summed E-state index contributed by atoms with van der Waals surface area (Å²) in [6.45, 7) is 8.05. The van der Waals surface area contributed by atoms with Crippen LogP contribution < -0.4 is 5.32 Å². The van der Waals surface area contributed by atoms with Crippen molar-refractivity contribution in [2.24, 2.45) is 5.92 Å². The predicted octanol–water partition coefficient (Wildman–Crippen LogP) is 3.20. The molecule has 2 atom stereocenters. The molecule has 1 aromatic rings. The van der Waals surface area contributed by atoms with Gasteiger partial charge in [0, 0.05) is 41.5 Å². The van der Waals surface area contributed by atoms with Crippen LogP contribution in [0.2, 0.25) is 0 Å². The first-order valence-corrected chi connectivity index (χ1v) is 8.45. The van der Waals surface area contributed by atoms with Gasteiger partial charge in [-0.05, 0) is 73.1 Å². The van der Waals surface area contributed by atoms with Crippen LogP contribution in [0.3, 0.4) is 0 Å². The zero-order valence-corrected chi connectivity index (χ0v) is 14.0. The topological polar surface area (TPSA) is 28.2 Å². The van der Waals surface area contributed by atoms with E-state index in [1.54, 1.807) is 0 Å². The summed E-state index contributed by atoms with van der Waals surface area (Å²) in [6.07, 6.45) is 7.85. The lowest BCUT2D eigenvalue weighted by Gasteiger charge is -2.36. The largest absolute Gasteiger partial charge is 0.310 e. The van der Waals surface area contributed by atoms with Gasteiger partial charge in [-0.25, -0.2) is 0 Å². The van der Waals surface area contributed by atoms with Crippen molar-refractivity contribution in [1.82, 2.24) is 15.2 Å². The number of hydrogen-bond acceptors (Lipinski definition) is 3. The Balaban J connectivity index is 1.75. The van der Waals surface area contributed by atoms with Crippen LogP contribution in [0.25, 0.3) is 0 Å². The number of rotatable bonds is 3. The molecule has 110 valence electrons. The molecule has 1 aliphatic carbocycles. The smallest absolute Gasteiger partial charge is 0.0410 e. The van der Waals surface area contributed by atoms with Gasteiger partial charge < -0.3 is 5.32 Å². The van der Waals surface area contributed by atoms with E-state index in [0.29, 0.717) is 11.6 Å². The Hall–Kier alpha value is -0.450. The Morgan fingerprint density at radius 3 is 2.90 bits per heavy atom. The zero-order chi connectivity index (χ0) is 14.2. The second-order valence-corrected chi connectivity index (χ2v) is 7.59. The van der Waals surface area contributed by atoms with Crippen molar-refractivity contribution in [1.29, 1.82) is 0 Å². The fourth-order valence-corrected chi connectivity index (χ4v) is 3.78. The lowest BCUT2D eigenvalue weighted by atomic mass is 9.95. The van der Waals surface area contributed by atoms with E-state index in [2.05, 4.69) is 51.0 Å². The molecule has 3 nitrogen and oxygen atoms in total. The third-order valence-corrected chi connectivity index (χ3v) is 5.31. The number of pyridine rings is 1. The van der Waals surface area contributed by atoms with Crippen LogP contribution in [0.5, 0.6) is 0 Å². The van der Waals surface area contributed by atoms with Gasteiger partial charge in [-0.2, -0.15) is 0 Å². The molecule has 2 heterocycles. The molecule has 0 aromatic carbocycles. The molecular weight excluding hydrogens is 314 g/mol. The average molecular weight is 338 g/mol. The van der Waals surface area contributed by atoms with Crippen molar-refractivity contribution in [2.45, 2.75) is 51.2 Å². The molecule has 2 aliphatic rings. The first-order chi connectivity index (χ1) is 9.57. The van der Waals surface area contributed by atoms with Crippen molar-refractivity contribution in [3.8, 4) is 0 Å². The molecule has 0 spiro atoms. The summed E-state index contributed by atoms with van der Waals surface area (Å²) in [7, 11) is 0. The Morgan fingerprint density at radius 2 is 2.20 bits per heavy atom. The van der Waals surface area contributed by atoms with Gasteiger partial charge in [0.05, 0.1) is 0 Å².